The standard InChI is InChI=1S/C50H73N13O18/c1-22(2)14-29(45(75)57-31(16-35(52)65)43(73)55-21-37(67)63-13-9-12-34(63)48(78)61-40(23(3)4)50(80)81)56-36(66)20-54-44(74)32(17-38(68)69)58-47(77)33(18-39(70)71)59-46(76)30(15-26-19-53-28-11-8-7-10-27(26)28)60-49(79)41(25(6)64)62-42(72)24(5)51/h7-8,10-11,19,22-25,29-34,40-41,53,64H,9,12-18,20-21,51H2,1-6H3,(H2,52,65)(H,54,74)(H,55,73)(H,56,66)(H,57,75)(H,58,77)(H,59,76)(H,60,79)(H,61,78)(H,62,72)(H,68,69)(H,70,71)(H,80,81)/t24-,25+,29-,30-,31-,32-,33-,34-,40-,41-/m0/s1. The molecule has 0 radical (unpaired) electrons. The Kier molecular flexibility index (Phi) is 25.6. The summed E-state index contributed by atoms with van der Waals surface area (Å²) < 4.78 is 0. The highest BCUT2D eigenvalue weighted by Crippen LogP contribution is 2.21. The lowest BCUT2D eigenvalue weighted by atomic mass is 10.0. The predicted molar refractivity (Wildman–Crippen MR) is 282 cm³/mol. The van der Waals surface area contributed by atoms with Crippen molar-refractivity contribution in [2.45, 2.75) is 147 Å². The van der Waals surface area contributed by atoms with Crippen molar-refractivity contribution in [3.63, 3.8) is 0 Å². The zero-order valence-electron chi connectivity index (χ0n) is 45.5. The molecule has 1 fully saturated rings. The molecule has 0 spiro atoms. The average Bonchev–Trinajstić information content (AvgIpc) is 4.07. The second-order valence-electron chi connectivity index (χ2n) is 20.2. The molecule has 1 aliphatic rings. The van der Waals surface area contributed by atoms with Crippen LogP contribution in [-0.4, -0.2) is 193 Å². The van der Waals surface area contributed by atoms with Crippen LogP contribution in [0.4, 0.5) is 0 Å². The van der Waals surface area contributed by atoms with E-state index in [1.807, 2.05) is 0 Å². The molecule has 11 amide bonds. The molecule has 3 rings (SSSR count). The van der Waals surface area contributed by atoms with Gasteiger partial charge in [-0.05, 0) is 56.6 Å². The number of hydrogen-bond acceptors (Lipinski definition) is 16. The van der Waals surface area contributed by atoms with Crippen molar-refractivity contribution in [2.24, 2.45) is 23.3 Å². The number of aliphatic hydroxyl groups is 1. The van der Waals surface area contributed by atoms with Gasteiger partial charge in [-0.15, -0.1) is 0 Å². The molecule has 10 atom stereocenters. The largest absolute Gasteiger partial charge is 0.481 e. The molecular formula is C50H73N13O18. The van der Waals surface area contributed by atoms with Gasteiger partial charge >= 0.3 is 17.9 Å². The lowest BCUT2D eigenvalue weighted by Crippen LogP contribution is -2.61. The lowest BCUT2D eigenvalue weighted by molar-refractivity contribution is -0.145. The van der Waals surface area contributed by atoms with Crippen LogP contribution in [0, 0.1) is 11.8 Å². The Morgan fingerprint density at radius 1 is 0.630 bits per heavy atom. The SMILES string of the molecule is CC(C)C[C@H](NC(=O)CNC(=O)[C@H](CC(=O)O)NC(=O)[C@H](CC(=O)O)NC(=O)[C@H](Cc1c[nH]c2ccccc12)NC(=O)[C@@H](NC(=O)[C@H](C)N)[C@@H](C)O)C(=O)N[C@@H](CC(N)=O)C(=O)NCC(=O)N1CCC[C@H]1C(=O)N[C@H](C(=O)O)C(C)C. The summed E-state index contributed by atoms with van der Waals surface area (Å²) in [6.07, 6.45) is -2.98. The van der Waals surface area contributed by atoms with E-state index in [1.165, 1.54) is 20.0 Å². The number of carbonyl (C=O) groups excluding carboxylic acids is 11. The summed E-state index contributed by atoms with van der Waals surface area (Å²) in [5, 5.41) is 60.4. The number of aliphatic carboxylic acids is 3. The van der Waals surface area contributed by atoms with E-state index < -0.39 is 182 Å². The molecule has 2 heterocycles. The number of para-hydroxylation sites is 1. The Bertz CT molecular complexity index is 2670. The number of H-pyrrole nitrogens is 1. The van der Waals surface area contributed by atoms with E-state index in [2.05, 4.69) is 52.8 Å². The number of fused-ring (bicyclic) bond motifs is 1. The topological polar surface area (TPSA) is 499 Å². The summed E-state index contributed by atoms with van der Waals surface area (Å²) >= 11 is 0. The zero-order chi connectivity index (χ0) is 61.0. The minimum Gasteiger partial charge on any atom is -0.481 e. The fraction of sp³-hybridized carbons (Fsp3) is 0.560. The van der Waals surface area contributed by atoms with E-state index in [-0.39, 0.29) is 31.7 Å². The third-order valence-electron chi connectivity index (χ3n) is 12.6. The van der Waals surface area contributed by atoms with Crippen LogP contribution in [-0.2, 0) is 73.5 Å². The van der Waals surface area contributed by atoms with Crippen LogP contribution < -0.4 is 59.3 Å². The number of likely N-dealkylation sites (tertiary alicyclic amines) is 1. The number of nitrogens with zero attached hydrogens (tertiary/aromatic N) is 1. The van der Waals surface area contributed by atoms with Crippen molar-refractivity contribution in [2.75, 3.05) is 19.6 Å². The van der Waals surface area contributed by atoms with Crippen LogP contribution in [0.15, 0.2) is 30.5 Å². The third kappa shape index (κ3) is 21.1. The fourth-order valence-corrected chi connectivity index (χ4v) is 8.40. The van der Waals surface area contributed by atoms with Crippen LogP contribution in [0.5, 0.6) is 0 Å². The molecule has 2 aromatic rings. The van der Waals surface area contributed by atoms with Crippen molar-refractivity contribution in [3.05, 3.63) is 36.0 Å². The number of benzene rings is 1. The number of primary amides is 1. The number of aromatic nitrogens is 1. The summed E-state index contributed by atoms with van der Waals surface area (Å²) in [4.78, 5) is 186. The fourth-order valence-electron chi connectivity index (χ4n) is 8.40. The van der Waals surface area contributed by atoms with Gasteiger partial charge in [-0.2, -0.15) is 0 Å². The van der Waals surface area contributed by atoms with Gasteiger partial charge in [0.05, 0.1) is 44.5 Å². The Balaban J connectivity index is 1.75. The second kappa shape index (κ2) is 31.2. The molecule has 31 heteroatoms. The first-order chi connectivity index (χ1) is 37.9. The molecule has 0 aliphatic carbocycles. The highest BCUT2D eigenvalue weighted by atomic mass is 16.4. The lowest BCUT2D eigenvalue weighted by Gasteiger charge is -2.27. The molecule has 0 unspecified atom stereocenters. The van der Waals surface area contributed by atoms with Gasteiger partial charge in [-0.25, -0.2) is 4.79 Å². The number of rotatable bonds is 32. The van der Waals surface area contributed by atoms with Crippen LogP contribution in [0.1, 0.15) is 85.6 Å². The van der Waals surface area contributed by atoms with E-state index in [9.17, 15) is 87.5 Å². The number of carboxylic acid groups (broad SMARTS) is 3. The Morgan fingerprint density at radius 3 is 1.69 bits per heavy atom. The Labute approximate surface area is 463 Å². The zero-order valence-corrected chi connectivity index (χ0v) is 45.5. The van der Waals surface area contributed by atoms with Crippen molar-refractivity contribution in [3.8, 4) is 0 Å². The first kappa shape index (κ1) is 66.5. The molecule has 0 saturated carbocycles. The summed E-state index contributed by atoms with van der Waals surface area (Å²) in [5.41, 5.74) is 12.0. The third-order valence-corrected chi connectivity index (χ3v) is 12.6. The van der Waals surface area contributed by atoms with Gasteiger partial charge in [0.2, 0.25) is 65.0 Å². The summed E-state index contributed by atoms with van der Waals surface area (Å²) in [6.45, 7) is 7.36. The quantitative estimate of drug-likeness (QED) is 0.0325. The van der Waals surface area contributed by atoms with Crippen molar-refractivity contribution >= 4 is 93.8 Å². The summed E-state index contributed by atoms with van der Waals surface area (Å²) in [7, 11) is 0. The molecular weight excluding hydrogens is 1070 g/mol. The minimum absolute atomic E-state index is 0.0965. The maximum atomic E-state index is 14.1. The van der Waals surface area contributed by atoms with Crippen LogP contribution in [0.3, 0.4) is 0 Å². The smallest absolute Gasteiger partial charge is 0.326 e. The maximum Gasteiger partial charge on any atom is 0.326 e. The molecule has 1 saturated heterocycles. The number of aliphatic hydroxyl groups excluding tert-OH is 1. The van der Waals surface area contributed by atoms with E-state index in [0.717, 1.165) is 4.90 Å². The van der Waals surface area contributed by atoms with Crippen molar-refractivity contribution in [1.82, 2.24) is 57.7 Å². The van der Waals surface area contributed by atoms with E-state index in [0.29, 0.717) is 22.9 Å². The van der Waals surface area contributed by atoms with Crippen molar-refractivity contribution < 1.29 is 87.5 Å². The molecule has 446 valence electrons. The number of nitrogens with one attached hydrogen (secondary N) is 10. The average molecular weight is 1140 g/mol. The van der Waals surface area contributed by atoms with E-state index in [4.69, 9.17) is 11.5 Å². The number of carbonyl (C=O) groups is 14. The predicted octanol–water partition coefficient (Wildman–Crippen LogP) is -5.33. The number of hydrogen-bond donors (Lipinski definition) is 16. The van der Waals surface area contributed by atoms with Gasteiger partial charge in [0.1, 0.15) is 48.3 Å². The van der Waals surface area contributed by atoms with Crippen LogP contribution in [0.25, 0.3) is 10.9 Å². The first-order valence-electron chi connectivity index (χ1n) is 25.8. The van der Waals surface area contributed by atoms with Gasteiger partial charge in [0, 0.05) is 30.1 Å². The first-order valence-corrected chi connectivity index (χ1v) is 25.8. The van der Waals surface area contributed by atoms with Crippen molar-refractivity contribution in [1.29, 1.82) is 0 Å². The second-order valence-corrected chi connectivity index (χ2v) is 20.2. The molecule has 1 aromatic heterocycles. The number of amides is 11. The number of nitrogens with two attached hydrogens (primary N) is 2. The number of carboxylic acids is 3. The van der Waals surface area contributed by atoms with Gasteiger partial charge in [-0.3, -0.25) is 62.3 Å². The van der Waals surface area contributed by atoms with Gasteiger partial charge in [-0.1, -0.05) is 45.9 Å². The minimum atomic E-state index is -2.06. The monoisotopic (exact) mass is 1140 g/mol. The molecule has 81 heavy (non-hydrogen) atoms. The maximum absolute atomic E-state index is 14.1. The molecule has 18 N–H and O–H groups in total. The van der Waals surface area contributed by atoms with E-state index in [1.54, 1.807) is 52.0 Å². The summed E-state index contributed by atoms with van der Waals surface area (Å²) in [6, 6.07) is -7.21. The van der Waals surface area contributed by atoms with Gasteiger partial charge in [0.15, 0.2) is 0 Å². The van der Waals surface area contributed by atoms with E-state index >= 15 is 0 Å². The molecule has 1 aliphatic heterocycles. The van der Waals surface area contributed by atoms with Crippen LogP contribution in [0.2, 0.25) is 0 Å². The number of aromatic amines is 1. The normalized spacial score (nSPS) is 16.4. The van der Waals surface area contributed by atoms with Gasteiger partial charge in [0.25, 0.3) is 0 Å². The summed E-state index contributed by atoms with van der Waals surface area (Å²) in [5.74, 6) is -17.0. The highest BCUT2D eigenvalue weighted by Gasteiger charge is 2.39. The van der Waals surface area contributed by atoms with Crippen LogP contribution >= 0.6 is 0 Å². The highest BCUT2D eigenvalue weighted by molar-refractivity contribution is 6.00. The Morgan fingerprint density at radius 2 is 1.16 bits per heavy atom. The molecule has 31 nitrogen and oxygen atoms in total. The molecule has 1 aromatic carbocycles. The Hall–Kier alpha value is -8.74. The molecule has 0 bridgehead atoms. The van der Waals surface area contributed by atoms with Gasteiger partial charge < -0.3 is 89.6 Å².